The Morgan fingerprint density at radius 2 is 1.88 bits per heavy atom. The van der Waals surface area contributed by atoms with Crippen LogP contribution in [0.2, 0.25) is 0 Å². The summed E-state index contributed by atoms with van der Waals surface area (Å²) in [5, 5.41) is 6.49. The van der Waals surface area contributed by atoms with E-state index in [9.17, 15) is 8.42 Å². The van der Waals surface area contributed by atoms with Crippen molar-refractivity contribution >= 4 is 56.8 Å². The van der Waals surface area contributed by atoms with Crippen molar-refractivity contribution in [3.8, 4) is 0 Å². The Morgan fingerprint density at radius 1 is 1.18 bits per heavy atom. The van der Waals surface area contributed by atoms with E-state index in [1.807, 2.05) is 67.2 Å². The van der Waals surface area contributed by atoms with Crippen molar-refractivity contribution in [2.45, 2.75) is 18.5 Å². The molecule has 4 rings (SSSR count). The summed E-state index contributed by atoms with van der Waals surface area (Å²) in [7, 11) is 0.827. The van der Waals surface area contributed by atoms with E-state index in [0.29, 0.717) is 5.95 Å². The summed E-state index contributed by atoms with van der Waals surface area (Å²) in [6, 6.07) is 15.1. The van der Waals surface area contributed by atoms with Gasteiger partial charge in [-0.2, -0.15) is 4.98 Å². The van der Waals surface area contributed by atoms with Gasteiger partial charge in [-0.15, -0.1) is 12.4 Å². The molecule has 3 aromatic rings. The average molecular weight is 490 g/mol. The number of fused-ring (bicyclic) bond motifs is 1. The van der Waals surface area contributed by atoms with Gasteiger partial charge in [0.25, 0.3) is 0 Å². The lowest BCUT2D eigenvalue weighted by molar-refractivity contribution is 0.548. The molecule has 4 N–H and O–H groups in total. The zero-order chi connectivity index (χ0) is 23.1. The number of nitrogens with two attached hydrogens (primary N) is 1. The van der Waals surface area contributed by atoms with Gasteiger partial charge in [0.1, 0.15) is 5.82 Å². The highest BCUT2D eigenvalue weighted by molar-refractivity contribution is 7.89. The van der Waals surface area contributed by atoms with E-state index in [1.54, 1.807) is 18.3 Å². The van der Waals surface area contributed by atoms with Crippen LogP contribution in [0.1, 0.15) is 12.5 Å². The Balaban J connectivity index is 0.00000306. The van der Waals surface area contributed by atoms with Crippen molar-refractivity contribution in [3.63, 3.8) is 0 Å². The zero-order valence-electron chi connectivity index (χ0n) is 18.9. The van der Waals surface area contributed by atoms with Gasteiger partial charge in [0.05, 0.1) is 17.1 Å². The highest BCUT2D eigenvalue weighted by atomic mass is 35.5. The van der Waals surface area contributed by atoms with Crippen LogP contribution in [0, 0.1) is 0 Å². The second-order valence-corrected chi connectivity index (χ2v) is 10.4. The van der Waals surface area contributed by atoms with E-state index in [-0.39, 0.29) is 18.2 Å². The maximum absolute atomic E-state index is 11.5. The molecular formula is C22H28ClN7O2S. The van der Waals surface area contributed by atoms with Gasteiger partial charge in [0, 0.05) is 37.9 Å². The van der Waals surface area contributed by atoms with Gasteiger partial charge >= 0.3 is 0 Å². The van der Waals surface area contributed by atoms with Gasteiger partial charge in [0.15, 0.2) is 15.6 Å². The minimum Gasteiger partial charge on any atom is -0.349 e. The van der Waals surface area contributed by atoms with Crippen LogP contribution >= 0.6 is 12.4 Å². The smallest absolute Gasteiger partial charge is 0.229 e. The van der Waals surface area contributed by atoms with Crippen molar-refractivity contribution in [1.29, 1.82) is 0 Å². The molecule has 1 unspecified atom stereocenters. The first kappa shape index (κ1) is 24.6. The van der Waals surface area contributed by atoms with Gasteiger partial charge in [-0.25, -0.2) is 13.4 Å². The minimum atomic E-state index is -3.07. The minimum absolute atomic E-state index is 0. The van der Waals surface area contributed by atoms with Crippen molar-refractivity contribution in [1.82, 2.24) is 9.97 Å². The maximum Gasteiger partial charge on any atom is 0.229 e. The monoisotopic (exact) mass is 489 g/mol. The van der Waals surface area contributed by atoms with E-state index < -0.39 is 15.6 Å². The van der Waals surface area contributed by atoms with E-state index in [4.69, 9.17) is 5.73 Å². The molecule has 1 atom stereocenters. The third-order valence-corrected chi connectivity index (χ3v) is 6.29. The fourth-order valence-corrected chi connectivity index (χ4v) is 4.37. The molecule has 2 aromatic carbocycles. The van der Waals surface area contributed by atoms with E-state index in [0.717, 1.165) is 34.1 Å². The van der Waals surface area contributed by atoms with Gasteiger partial charge in [-0.3, -0.25) is 5.73 Å². The van der Waals surface area contributed by atoms with Crippen molar-refractivity contribution in [2.75, 3.05) is 40.8 Å². The lowest BCUT2D eigenvalue weighted by Gasteiger charge is -2.29. The fourth-order valence-electron chi connectivity index (χ4n) is 3.58. The number of rotatable bonds is 6. The summed E-state index contributed by atoms with van der Waals surface area (Å²) < 4.78 is 22.9. The van der Waals surface area contributed by atoms with Crippen molar-refractivity contribution in [3.05, 3.63) is 60.3 Å². The highest BCUT2D eigenvalue weighted by Gasteiger charge is 2.33. The Kier molecular flexibility index (Phi) is 6.73. The number of anilines is 6. The molecule has 0 saturated carbocycles. The molecule has 2 heterocycles. The number of benzene rings is 2. The molecule has 33 heavy (non-hydrogen) atoms. The quantitative estimate of drug-likeness (QED) is 0.478. The van der Waals surface area contributed by atoms with Crippen molar-refractivity contribution in [2.24, 2.45) is 5.73 Å². The molecule has 0 spiro atoms. The van der Waals surface area contributed by atoms with Crippen LogP contribution < -0.4 is 26.2 Å². The molecule has 11 heteroatoms. The molecule has 1 aliphatic heterocycles. The second kappa shape index (κ2) is 9.05. The number of hydrogen-bond acceptors (Lipinski definition) is 9. The van der Waals surface area contributed by atoms with Crippen LogP contribution in [-0.2, 0) is 15.6 Å². The van der Waals surface area contributed by atoms with E-state index >= 15 is 0 Å². The molecule has 1 aromatic heterocycles. The number of hydrogen-bond donors (Lipinski definition) is 3. The summed E-state index contributed by atoms with van der Waals surface area (Å²) >= 11 is 0. The molecule has 0 aliphatic carbocycles. The summed E-state index contributed by atoms with van der Waals surface area (Å²) in [5.74, 6) is 0.540. The Hall–Kier alpha value is -3.08. The lowest BCUT2D eigenvalue weighted by Crippen LogP contribution is -2.54. The van der Waals surface area contributed by atoms with Gasteiger partial charge in [0.2, 0.25) is 5.95 Å². The largest absolute Gasteiger partial charge is 0.349 e. The topological polar surface area (TPSA) is 116 Å². The molecule has 0 saturated heterocycles. The third-order valence-electron chi connectivity index (χ3n) is 5.44. The van der Waals surface area contributed by atoms with E-state index in [1.165, 1.54) is 6.26 Å². The Bertz CT molecular complexity index is 1250. The summed E-state index contributed by atoms with van der Waals surface area (Å²) in [5.41, 5.74) is 10.7. The standard InChI is InChI=1S/C22H27N7O2S.ClH/c1-22(23)27-18-13-17(9-10-19(18)29(22)3)28(2)20-11-12-24-21(26-20)25-16-7-5-15(6-8-16)14-32(4,30)31;/h5-13,27H,14,23H2,1-4H3,(H,24,25,26);1H. The van der Waals surface area contributed by atoms with Crippen LogP contribution in [0.25, 0.3) is 0 Å². The van der Waals surface area contributed by atoms with Gasteiger partial charge < -0.3 is 20.4 Å². The Morgan fingerprint density at radius 3 is 2.55 bits per heavy atom. The van der Waals surface area contributed by atoms with Crippen LogP contribution in [0.5, 0.6) is 0 Å². The molecule has 1 aliphatic rings. The van der Waals surface area contributed by atoms with Crippen LogP contribution in [0.4, 0.5) is 34.5 Å². The molecule has 9 nitrogen and oxygen atoms in total. The molecule has 176 valence electrons. The average Bonchev–Trinajstić information content (AvgIpc) is 2.96. The first-order valence-electron chi connectivity index (χ1n) is 10.1. The summed E-state index contributed by atoms with van der Waals surface area (Å²) in [6.07, 6.45) is 2.91. The first-order chi connectivity index (χ1) is 15.0. The lowest BCUT2D eigenvalue weighted by atomic mass is 10.2. The van der Waals surface area contributed by atoms with Crippen LogP contribution in [0.3, 0.4) is 0 Å². The number of halogens is 1. The van der Waals surface area contributed by atoms with E-state index in [2.05, 4.69) is 20.6 Å². The predicted molar refractivity (Wildman–Crippen MR) is 137 cm³/mol. The molecule has 0 bridgehead atoms. The number of nitrogens with one attached hydrogen (secondary N) is 2. The molecule has 0 radical (unpaired) electrons. The van der Waals surface area contributed by atoms with Crippen LogP contribution in [0.15, 0.2) is 54.7 Å². The van der Waals surface area contributed by atoms with Gasteiger partial charge in [-0.05, 0) is 48.9 Å². The number of sulfone groups is 1. The predicted octanol–water partition coefficient (Wildman–Crippen LogP) is 3.45. The molecule has 0 fully saturated rings. The fraction of sp³-hybridized carbons (Fsp3) is 0.273. The Labute approximate surface area is 200 Å². The molecular weight excluding hydrogens is 462 g/mol. The number of aromatic nitrogens is 2. The highest BCUT2D eigenvalue weighted by Crippen LogP contribution is 2.39. The summed E-state index contributed by atoms with van der Waals surface area (Å²) in [6.45, 7) is 1.92. The maximum atomic E-state index is 11.5. The van der Waals surface area contributed by atoms with Crippen LogP contribution in [-0.4, -0.2) is 44.5 Å². The number of nitrogens with zero attached hydrogens (tertiary/aromatic N) is 4. The molecule has 0 amide bonds. The van der Waals surface area contributed by atoms with Crippen molar-refractivity contribution < 1.29 is 8.42 Å². The van der Waals surface area contributed by atoms with Gasteiger partial charge in [-0.1, -0.05) is 12.1 Å². The first-order valence-corrected chi connectivity index (χ1v) is 12.1. The third kappa shape index (κ3) is 5.47. The zero-order valence-corrected chi connectivity index (χ0v) is 20.5. The SMILES string of the molecule is CN(c1ccc2c(c1)NC(C)(N)N2C)c1ccnc(Nc2ccc(CS(C)(=O)=O)cc2)n1.Cl. The summed E-state index contributed by atoms with van der Waals surface area (Å²) in [4.78, 5) is 12.9. The normalized spacial score (nSPS) is 17.1. The second-order valence-electron chi connectivity index (χ2n) is 8.22.